The first-order chi connectivity index (χ1) is 9.63. The highest BCUT2D eigenvalue weighted by molar-refractivity contribution is 5.92. The number of aromatic nitrogens is 2. The molecule has 5 nitrogen and oxygen atoms in total. The Morgan fingerprint density at radius 1 is 1.30 bits per heavy atom. The molecule has 0 aromatic carbocycles. The van der Waals surface area contributed by atoms with Crippen molar-refractivity contribution in [1.82, 2.24) is 15.1 Å². The minimum atomic E-state index is -0.0247. The summed E-state index contributed by atoms with van der Waals surface area (Å²) >= 11 is 0. The number of amides is 1. The van der Waals surface area contributed by atoms with Crippen molar-refractivity contribution in [3.05, 3.63) is 17.8 Å². The number of unbranched alkanes of at least 4 members (excludes halogenated alkanes) is 1. The first-order valence-corrected chi connectivity index (χ1v) is 7.52. The van der Waals surface area contributed by atoms with Crippen LogP contribution in [-0.4, -0.2) is 40.1 Å². The molecule has 1 unspecified atom stereocenters. The maximum Gasteiger partial charge on any atom is 0.274 e. The fourth-order valence-electron chi connectivity index (χ4n) is 1.94. The Balaban J connectivity index is 2.82. The number of carbonyl (C=O) groups is 1. The van der Waals surface area contributed by atoms with Gasteiger partial charge in [-0.3, -0.25) is 4.79 Å². The van der Waals surface area contributed by atoms with Gasteiger partial charge < -0.3 is 10.2 Å². The predicted octanol–water partition coefficient (Wildman–Crippen LogP) is 2.95. The summed E-state index contributed by atoms with van der Waals surface area (Å²) in [5.74, 6) is 0.677. The third-order valence-electron chi connectivity index (χ3n) is 3.38. The Morgan fingerprint density at radius 2 is 2.05 bits per heavy atom. The first kappa shape index (κ1) is 16.4. The molecule has 1 aromatic rings. The molecule has 0 radical (unpaired) electrons. The fraction of sp³-hybridized carbons (Fsp3) is 0.667. The number of hydrogen-bond donors (Lipinski definition) is 1. The van der Waals surface area contributed by atoms with E-state index in [1.165, 1.54) is 0 Å². The fourth-order valence-corrected chi connectivity index (χ4v) is 1.94. The zero-order chi connectivity index (χ0) is 15.0. The summed E-state index contributed by atoms with van der Waals surface area (Å²) in [7, 11) is 0. The molecule has 1 atom stereocenters. The van der Waals surface area contributed by atoms with Gasteiger partial charge in [0.1, 0.15) is 5.82 Å². The van der Waals surface area contributed by atoms with E-state index in [-0.39, 0.29) is 11.9 Å². The molecule has 112 valence electrons. The van der Waals surface area contributed by atoms with E-state index < -0.39 is 0 Å². The molecule has 0 aliphatic rings. The predicted molar refractivity (Wildman–Crippen MR) is 81.9 cm³/mol. The molecule has 20 heavy (non-hydrogen) atoms. The second-order valence-corrected chi connectivity index (χ2v) is 4.94. The Kier molecular flexibility index (Phi) is 6.98. The molecule has 0 fully saturated rings. The zero-order valence-electron chi connectivity index (χ0n) is 13.0. The van der Waals surface area contributed by atoms with Gasteiger partial charge in [0.05, 0.1) is 0 Å². The first-order valence-electron chi connectivity index (χ1n) is 7.52. The van der Waals surface area contributed by atoms with Crippen molar-refractivity contribution in [2.24, 2.45) is 0 Å². The topological polar surface area (TPSA) is 58.1 Å². The van der Waals surface area contributed by atoms with Crippen LogP contribution in [-0.2, 0) is 0 Å². The highest BCUT2D eigenvalue weighted by Gasteiger charge is 2.21. The van der Waals surface area contributed by atoms with Crippen LogP contribution in [0.3, 0.4) is 0 Å². The van der Waals surface area contributed by atoms with Gasteiger partial charge in [0, 0.05) is 19.1 Å². The van der Waals surface area contributed by atoms with Crippen molar-refractivity contribution >= 4 is 11.7 Å². The summed E-state index contributed by atoms with van der Waals surface area (Å²) in [5, 5.41) is 11.1. The number of hydrogen-bond acceptors (Lipinski definition) is 4. The van der Waals surface area contributed by atoms with Crippen LogP contribution in [0.25, 0.3) is 0 Å². The van der Waals surface area contributed by atoms with E-state index in [0.29, 0.717) is 11.5 Å². The Bertz CT molecular complexity index is 405. The third kappa shape index (κ3) is 4.47. The average Bonchev–Trinajstić information content (AvgIpc) is 2.48. The summed E-state index contributed by atoms with van der Waals surface area (Å²) in [6.45, 7) is 9.86. The van der Waals surface area contributed by atoms with E-state index >= 15 is 0 Å². The summed E-state index contributed by atoms with van der Waals surface area (Å²) in [5.41, 5.74) is 0.419. The van der Waals surface area contributed by atoms with Crippen molar-refractivity contribution in [2.75, 3.05) is 18.4 Å². The monoisotopic (exact) mass is 278 g/mol. The summed E-state index contributed by atoms with van der Waals surface area (Å²) in [6.07, 6.45) is 3.03. The molecule has 0 aliphatic carbocycles. The molecule has 0 saturated carbocycles. The summed E-state index contributed by atoms with van der Waals surface area (Å²) in [4.78, 5) is 14.4. The minimum absolute atomic E-state index is 0.0247. The molecule has 1 aromatic heterocycles. The van der Waals surface area contributed by atoms with Gasteiger partial charge in [0.25, 0.3) is 5.91 Å². The van der Waals surface area contributed by atoms with Crippen LogP contribution in [0.1, 0.15) is 57.4 Å². The van der Waals surface area contributed by atoms with Crippen molar-refractivity contribution in [3.63, 3.8) is 0 Å². The molecular formula is C15H26N4O. The van der Waals surface area contributed by atoms with Gasteiger partial charge >= 0.3 is 0 Å². The number of carbonyl (C=O) groups excluding carboxylic acids is 1. The lowest BCUT2D eigenvalue weighted by Gasteiger charge is -2.28. The quantitative estimate of drug-likeness (QED) is 0.794. The third-order valence-corrected chi connectivity index (χ3v) is 3.38. The van der Waals surface area contributed by atoms with Crippen LogP contribution in [0.4, 0.5) is 5.82 Å². The SMILES string of the molecule is CCCCN(C(=O)c1ccc(NCC)nn1)C(C)CC. The average molecular weight is 278 g/mol. The van der Waals surface area contributed by atoms with Crippen LogP contribution in [0.5, 0.6) is 0 Å². The normalized spacial score (nSPS) is 12.0. The van der Waals surface area contributed by atoms with E-state index in [4.69, 9.17) is 0 Å². The van der Waals surface area contributed by atoms with Crippen molar-refractivity contribution in [1.29, 1.82) is 0 Å². The van der Waals surface area contributed by atoms with Crippen LogP contribution in [0, 0.1) is 0 Å². The zero-order valence-corrected chi connectivity index (χ0v) is 13.0. The van der Waals surface area contributed by atoms with Gasteiger partial charge in [-0.1, -0.05) is 20.3 Å². The molecule has 5 heteroatoms. The van der Waals surface area contributed by atoms with Crippen molar-refractivity contribution < 1.29 is 4.79 Å². The van der Waals surface area contributed by atoms with Crippen LogP contribution < -0.4 is 5.32 Å². The van der Waals surface area contributed by atoms with Gasteiger partial charge in [-0.15, -0.1) is 10.2 Å². The highest BCUT2D eigenvalue weighted by atomic mass is 16.2. The maximum absolute atomic E-state index is 12.5. The van der Waals surface area contributed by atoms with Crippen molar-refractivity contribution in [2.45, 2.75) is 53.0 Å². The Morgan fingerprint density at radius 3 is 2.55 bits per heavy atom. The number of rotatable bonds is 8. The Labute approximate surface area is 121 Å². The lowest BCUT2D eigenvalue weighted by molar-refractivity contribution is 0.0678. The maximum atomic E-state index is 12.5. The highest BCUT2D eigenvalue weighted by Crippen LogP contribution is 2.11. The molecule has 1 rings (SSSR count). The van der Waals surface area contributed by atoms with Gasteiger partial charge in [0.15, 0.2) is 5.69 Å². The standard InChI is InChI=1S/C15H26N4O/c1-5-8-11-19(12(4)6-2)15(20)13-9-10-14(16-7-3)18-17-13/h9-10,12H,5-8,11H2,1-4H3,(H,16,18). The smallest absolute Gasteiger partial charge is 0.274 e. The van der Waals surface area contributed by atoms with E-state index in [0.717, 1.165) is 32.4 Å². The van der Waals surface area contributed by atoms with Crippen LogP contribution in [0.15, 0.2) is 12.1 Å². The van der Waals surface area contributed by atoms with E-state index in [9.17, 15) is 4.79 Å². The van der Waals surface area contributed by atoms with Gasteiger partial charge in [-0.2, -0.15) is 0 Å². The molecule has 0 spiro atoms. The van der Waals surface area contributed by atoms with E-state index in [2.05, 4.69) is 36.3 Å². The molecular weight excluding hydrogens is 252 g/mol. The number of nitrogens with one attached hydrogen (secondary N) is 1. The molecule has 0 aliphatic heterocycles. The van der Waals surface area contributed by atoms with Crippen LogP contribution in [0.2, 0.25) is 0 Å². The number of nitrogens with zero attached hydrogens (tertiary/aromatic N) is 3. The molecule has 0 bridgehead atoms. The molecule has 1 N–H and O–H groups in total. The van der Waals surface area contributed by atoms with Crippen LogP contribution >= 0.6 is 0 Å². The van der Waals surface area contributed by atoms with Gasteiger partial charge in [-0.05, 0) is 38.8 Å². The number of anilines is 1. The molecule has 1 heterocycles. The summed E-state index contributed by atoms with van der Waals surface area (Å²) in [6, 6.07) is 3.77. The van der Waals surface area contributed by atoms with Crippen molar-refractivity contribution in [3.8, 4) is 0 Å². The molecule has 0 saturated heterocycles. The van der Waals surface area contributed by atoms with Gasteiger partial charge in [0.2, 0.25) is 0 Å². The molecule has 1 amide bonds. The lowest BCUT2D eigenvalue weighted by Crippen LogP contribution is -2.39. The van der Waals surface area contributed by atoms with Gasteiger partial charge in [-0.25, -0.2) is 0 Å². The largest absolute Gasteiger partial charge is 0.369 e. The Hall–Kier alpha value is -1.65. The lowest BCUT2D eigenvalue weighted by atomic mass is 10.1. The summed E-state index contributed by atoms with van der Waals surface area (Å²) < 4.78 is 0. The van der Waals surface area contributed by atoms with E-state index in [1.54, 1.807) is 12.1 Å². The van der Waals surface area contributed by atoms with E-state index in [1.807, 2.05) is 11.8 Å². The second kappa shape index (κ2) is 8.51. The second-order valence-electron chi connectivity index (χ2n) is 4.94. The minimum Gasteiger partial charge on any atom is -0.369 e.